The Balaban J connectivity index is 3.75. The maximum Gasteiger partial charge on any atom is 0.315 e. The second kappa shape index (κ2) is 8.37. The minimum atomic E-state index is -0.949. The van der Waals surface area contributed by atoms with E-state index in [-0.39, 0.29) is 18.4 Å². The van der Waals surface area contributed by atoms with Gasteiger partial charge in [-0.15, -0.1) is 0 Å². The van der Waals surface area contributed by atoms with Crippen LogP contribution in [0.1, 0.15) is 26.7 Å². The summed E-state index contributed by atoms with van der Waals surface area (Å²) in [5.74, 6) is -1.11. The van der Waals surface area contributed by atoms with Gasteiger partial charge in [0.2, 0.25) is 5.91 Å². The summed E-state index contributed by atoms with van der Waals surface area (Å²) in [5, 5.41) is 16.2. The summed E-state index contributed by atoms with van der Waals surface area (Å²) in [4.78, 5) is 32.3. The van der Waals surface area contributed by atoms with Gasteiger partial charge in [-0.1, -0.05) is 6.92 Å². The highest BCUT2D eigenvalue weighted by atomic mass is 16.4. The van der Waals surface area contributed by atoms with Gasteiger partial charge in [0.1, 0.15) is 0 Å². The maximum absolute atomic E-state index is 11.3. The Morgan fingerprint density at radius 2 is 1.76 bits per heavy atom. The summed E-state index contributed by atoms with van der Waals surface area (Å²) in [6.07, 6.45) is 0.445. The molecule has 0 aliphatic heterocycles. The lowest BCUT2D eigenvalue weighted by molar-refractivity contribution is -0.137. The van der Waals surface area contributed by atoms with Crippen LogP contribution in [0.15, 0.2) is 0 Å². The highest BCUT2D eigenvalue weighted by molar-refractivity contribution is 5.76. The number of amides is 3. The van der Waals surface area contributed by atoms with Gasteiger partial charge in [0.25, 0.3) is 0 Å². The molecule has 98 valence electrons. The normalized spacial score (nSPS) is 11.4. The maximum atomic E-state index is 11.3. The molecule has 0 spiro atoms. The third-order valence-corrected chi connectivity index (χ3v) is 2.03. The van der Waals surface area contributed by atoms with Crippen LogP contribution >= 0.6 is 0 Å². The summed E-state index contributed by atoms with van der Waals surface area (Å²) in [6.45, 7) is 3.83. The molecule has 0 saturated carbocycles. The summed E-state index contributed by atoms with van der Waals surface area (Å²) in [5.41, 5.74) is 0. The smallest absolute Gasteiger partial charge is 0.315 e. The van der Waals surface area contributed by atoms with E-state index in [0.717, 1.165) is 0 Å². The van der Waals surface area contributed by atoms with E-state index >= 15 is 0 Å². The lowest BCUT2D eigenvalue weighted by atomic mass is 10.1. The average molecular weight is 245 g/mol. The molecule has 0 rings (SSSR count). The predicted molar refractivity (Wildman–Crippen MR) is 61.5 cm³/mol. The fourth-order valence-electron chi connectivity index (χ4n) is 1.16. The third-order valence-electron chi connectivity index (χ3n) is 2.03. The van der Waals surface area contributed by atoms with Gasteiger partial charge in [0, 0.05) is 26.1 Å². The molecule has 0 fully saturated rings. The van der Waals surface area contributed by atoms with Crippen LogP contribution in [-0.2, 0) is 9.59 Å². The van der Waals surface area contributed by atoms with Crippen molar-refractivity contribution in [1.82, 2.24) is 16.0 Å². The van der Waals surface area contributed by atoms with Crippen molar-refractivity contribution in [2.75, 3.05) is 13.1 Å². The van der Waals surface area contributed by atoms with Crippen LogP contribution in [0.5, 0.6) is 0 Å². The van der Waals surface area contributed by atoms with E-state index in [1.165, 1.54) is 6.92 Å². The molecular weight excluding hydrogens is 226 g/mol. The van der Waals surface area contributed by atoms with E-state index in [0.29, 0.717) is 19.5 Å². The molecule has 17 heavy (non-hydrogen) atoms. The number of carboxylic acid groups (broad SMARTS) is 1. The number of nitrogens with one attached hydrogen (secondary N) is 3. The average Bonchev–Trinajstić information content (AvgIpc) is 2.22. The molecule has 0 aliphatic rings. The Hall–Kier alpha value is -1.79. The van der Waals surface area contributed by atoms with Crippen LogP contribution in [-0.4, -0.2) is 42.1 Å². The lowest BCUT2D eigenvalue weighted by Gasteiger charge is -2.15. The van der Waals surface area contributed by atoms with Crippen molar-refractivity contribution in [3.8, 4) is 0 Å². The summed E-state index contributed by atoms with van der Waals surface area (Å²) < 4.78 is 0. The first-order valence-electron chi connectivity index (χ1n) is 5.46. The molecule has 7 heteroatoms. The molecule has 3 amide bonds. The standard InChI is InChI=1S/C10H19N3O4/c1-3-8(6-9(15)16)13-10(17)12-5-4-11-7(2)14/h8H,3-6H2,1-2H3,(H,11,14)(H,15,16)(H2,12,13,17). The molecule has 0 aliphatic carbocycles. The number of hydrogen-bond donors (Lipinski definition) is 4. The second-order valence-corrected chi connectivity index (χ2v) is 3.59. The number of rotatable bonds is 7. The van der Waals surface area contributed by atoms with Crippen LogP contribution in [0.4, 0.5) is 4.79 Å². The molecule has 0 saturated heterocycles. The monoisotopic (exact) mass is 245 g/mol. The predicted octanol–water partition coefficient (Wildman–Crippen LogP) is -0.325. The van der Waals surface area contributed by atoms with Crippen molar-refractivity contribution in [2.24, 2.45) is 0 Å². The van der Waals surface area contributed by atoms with Crippen LogP contribution in [0.25, 0.3) is 0 Å². The summed E-state index contributed by atoms with van der Waals surface area (Å²) in [6, 6.07) is -0.809. The van der Waals surface area contributed by atoms with Gasteiger partial charge in [0.05, 0.1) is 6.42 Å². The molecule has 0 radical (unpaired) electrons. The van der Waals surface area contributed by atoms with Crippen molar-refractivity contribution in [1.29, 1.82) is 0 Å². The minimum Gasteiger partial charge on any atom is -0.481 e. The Kier molecular flexibility index (Phi) is 7.49. The first-order chi connectivity index (χ1) is 7.95. The third kappa shape index (κ3) is 9.16. The molecule has 0 heterocycles. The quantitative estimate of drug-likeness (QED) is 0.461. The van der Waals surface area contributed by atoms with E-state index < -0.39 is 12.0 Å². The number of carbonyl (C=O) groups excluding carboxylic acids is 2. The molecule has 1 atom stereocenters. The Morgan fingerprint density at radius 1 is 1.18 bits per heavy atom. The van der Waals surface area contributed by atoms with Gasteiger partial charge in [-0.2, -0.15) is 0 Å². The number of urea groups is 1. The van der Waals surface area contributed by atoms with Crippen molar-refractivity contribution in [3.05, 3.63) is 0 Å². The molecule has 0 aromatic carbocycles. The van der Waals surface area contributed by atoms with E-state index in [1.54, 1.807) is 6.92 Å². The lowest BCUT2D eigenvalue weighted by Crippen LogP contribution is -2.44. The molecule has 4 N–H and O–H groups in total. The molecule has 7 nitrogen and oxygen atoms in total. The van der Waals surface area contributed by atoms with E-state index in [9.17, 15) is 14.4 Å². The zero-order valence-electron chi connectivity index (χ0n) is 10.1. The topological polar surface area (TPSA) is 108 Å². The minimum absolute atomic E-state index is 0.102. The molecule has 0 aromatic rings. The van der Waals surface area contributed by atoms with Gasteiger partial charge < -0.3 is 21.1 Å². The van der Waals surface area contributed by atoms with Crippen LogP contribution in [0.3, 0.4) is 0 Å². The summed E-state index contributed by atoms with van der Waals surface area (Å²) in [7, 11) is 0. The Morgan fingerprint density at radius 3 is 2.24 bits per heavy atom. The van der Waals surface area contributed by atoms with Crippen molar-refractivity contribution in [2.45, 2.75) is 32.7 Å². The van der Waals surface area contributed by atoms with Gasteiger partial charge in [-0.25, -0.2) is 4.79 Å². The molecule has 1 unspecified atom stereocenters. The van der Waals surface area contributed by atoms with Gasteiger partial charge in [-0.3, -0.25) is 9.59 Å². The largest absolute Gasteiger partial charge is 0.481 e. The van der Waals surface area contributed by atoms with Crippen LogP contribution in [0, 0.1) is 0 Å². The fourth-order valence-corrected chi connectivity index (χ4v) is 1.16. The Labute approximate surface area is 100.0 Å². The fraction of sp³-hybridized carbons (Fsp3) is 0.700. The molecular formula is C10H19N3O4. The number of carbonyl (C=O) groups is 3. The van der Waals surface area contributed by atoms with Crippen molar-refractivity contribution >= 4 is 17.9 Å². The zero-order chi connectivity index (χ0) is 13.3. The van der Waals surface area contributed by atoms with Gasteiger partial charge >= 0.3 is 12.0 Å². The van der Waals surface area contributed by atoms with E-state index in [1.807, 2.05) is 0 Å². The van der Waals surface area contributed by atoms with Gasteiger partial charge in [0.15, 0.2) is 0 Å². The van der Waals surface area contributed by atoms with E-state index in [4.69, 9.17) is 5.11 Å². The molecule has 0 bridgehead atoms. The van der Waals surface area contributed by atoms with E-state index in [2.05, 4.69) is 16.0 Å². The van der Waals surface area contributed by atoms with Gasteiger partial charge in [-0.05, 0) is 6.42 Å². The summed E-state index contributed by atoms with van der Waals surface area (Å²) >= 11 is 0. The zero-order valence-corrected chi connectivity index (χ0v) is 10.1. The van der Waals surface area contributed by atoms with Crippen LogP contribution in [0.2, 0.25) is 0 Å². The van der Waals surface area contributed by atoms with Crippen molar-refractivity contribution in [3.63, 3.8) is 0 Å². The number of aliphatic carboxylic acids is 1. The number of hydrogen-bond acceptors (Lipinski definition) is 3. The first-order valence-corrected chi connectivity index (χ1v) is 5.46. The van der Waals surface area contributed by atoms with Crippen LogP contribution < -0.4 is 16.0 Å². The first kappa shape index (κ1) is 15.2. The highest BCUT2D eigenvalue weighted by Crippen LogP contribution is 1.96. The highest BCUT2D eigenvalue weighted by Gasteiger charge is 2.13. The second-order valence-electron chi connectivity index (χ2n) is 3.59. The molecule has 0 aromatic heterocycles. The Bertz CT molecular complexity index is 281. The number of carboxylic acids is 1. The van der Waals surface area contributed by atoms with Crippen molar-refractivity contribution < 1.29 is 19.5 Å². The SMILES string of the molecule is CCC(CC(=O)O)NC(=O)NCCNC(C)=O.